The Hall–Kier alpha value is -2.29. The monoisotopic (exact) mass is 294 g/mol. The van der Waals surface area contributed by atoms with Crippen LogP contribution in [-0.4, -0.2) is 19.0 Å². The summed E-state index contributed by atoms with van der Waals surface area (Å²) in [5, 5.41) is 2.43. The Balaban J connectivity index is 1.92. The lowest BCUT2D eigenvalue weighted by Gasteiger charge is -2.29. The summed E-state index contributed by atoms with van der Waals surface area (Å²) in [5.41, 5.74) is 8.47. The second-order valence-corrected chi connectivity index (χ2v) is 6.02. The first kappa shape index (κ1) is 14.6. The lowest BCUT2D eigenvalue weighted by atomic mass is 10.0. The molecule has 0 aromatic heterocycles. The van der Waals surface area contributed by atoms with Crippen LogP contribution in [-0.2, 0) is 4.79 Å². The van der Waals surface area contributed by atoms with E-state index in [2.05, 4.69) is 41.3 Å². The maximum absolute atomic E-state index is 11.0. The fourth-order valence-corrected chi connectivity index (χ4v) is 3.12. The van der Waals surface area contributed by atoms with E-state index in [9.17, 15) is 4.79 Å². The molecule has 1 aliphatic rings. The highest BCUT2D eigenvalue weighted by atomic mass is 16.1. The van der Waals surface area contributed by atoms with E-state index in [-0.39, 0.29) is 0 Å². The molecule has 2 aromatic rings. The zero-order valence-corrected chi connectivity index (χ0v) is 13.0. The van der Waals surface area contributed by atoms with Crippen LogP contribution in [0.4, 0.5) is 5.69 Å². The first-order chi connectivity index (χ1) is 10.6. The number of carbonyl (C=O) groups is 1. The molecule has 0 saturated carbocycles. The number of anilines is 1. The van der Waals surface area contributed by atoms with Gasteiger partial charge in [-0.05, 0) is 66.3 Å². The van der Waals surface area contributed by atoms with Gasteiger partial charge in [0, 0.05) is 24.9 Å². The smallest absolute Gasteiger partial charge is 0.241 e. The molecular weight excluding hydrogens is 272 g/mol. The van der Waals surface area contributed by atoms with Crippen molar-refractivity contribution in [2.45, 2.75) is 26.2 Å². The van der Waals surface area contributed by atoms with Crippen molar-refractivity contribution in [3.8, 4) is 0 Å². The molecule has 2 N–H and O–H groups in total. The molecule has 0 bridgehead atoms. The number of nitrogens with zero attached hydrogens (tertiary/aromatic N) is 1. The highest BCUT2D eigenvalue weighted by Gasteiger charge is 2.11. The largest absolute Gasteiger partial charge is 0.372 e. The SMILES string of the molecule is CC(=CC(N)=O)c1ccc2cc(N3CCCCC3)ccc2c1. The van der Waals surface area contributed by atoms with Gasteiger partial charge in [0.2, 0.25) is 5.91 Å². The van der Waals surface area contributed by atoms with Crippen LogP contribution in [0.25, 0.3) is 16.3 Å². The van der Waals surface area contributed by atoms with Crippen LogP contribution in [0, 0.1) is 0 Å². The molecule has 0 unspecified atom stereocenters. The molecule has 3 rings (SSSR count). The lowest BCUT2D eigenvalue weighted by Crippen LogP contribution is -2.29. The van der Waals surface area contributed by atoms with Crippen molar-refractivity contribution in [2.24, 2.45) is 5.73 Å². The van der Waals surface area contributed by atoms with E-state index >= 15 is 0 Å². The van der Waals surface area contributed by atoms with Crippen molar-refractivity contribution in [2.75, 3.05) is 18.0 Å². The minimum absolute atomic E-state index is 0.405. The fourth-order valence-electron chi connectivity index (χ4n) is 3.12. The number of nitrogens with two attached hydrogens (primary N) is 1. The zero-order valence-electron chi connectivity index (χ0n) is 13.0. The number of hydrogen-bond donors (Lipinski definition) is 1. The molecule has 3 nitrogen and oxygen atoms in total. The summed E-state index contributed by atoms with van der Waals surface area (Å²) in [6, 6.07) is 12.9. The van der Waals surface area contributed by atoms with Crippen LogP contribution in [0.1, 0.15) is 31.7 Å². The van der Waals surface area contributed by atoms with Crippen LogP contribution in [0.3, 0.4) is 0 Å². The van der Waals surface area contributed by atoms with Gasteiger partial charge in [-0.1, -0.05) is 18.2 Å². The number of fused-ring (bicyclic) bond motifs is 1. The first-order valence-electron chi connectivity index (χ1n) is 7.90. The summed E-state index contributed by atoms with van der Waals surface area (Å²) in [7, 11) is 0. The quantitative estimate of drug-likeness (QED) is 0.877. The van der Waals surface area contributed by atoms with E-state index in [1.807, 2.05) is 6.92 Å². The van der Waals surface area contributed by atoms with Gasteiger partial charge in [-0.25, -0.2) is 0 Å². The van der Waals surface area contributed by atoms with Crippen molar-refractivity contribution in [1.82, 2.24) is 0 Å². The molecule has 1 heterocycles. The van der Waals surface area contributed by atoms with Crippen molar-refractivity contribution < 1.29 is 4.79 Å². The lowest BCUT2D eigenvalue weighted by molar-refractivity contribution is -0.113. The molecule has 3 heteroatoms. The number of allylic oxidation sites excluding steroid dienone is 1. The third-order valence-electron chi connectivity index (χ3n) is 4.36. The Labute approximate surface area is 131 Å². The Morgan fingerprint density at radius 3 is 2.45 bits per heavy atom. The molecule has 0 radical (unpaired) electrons. The van der Waals surface area contributed by atoms with Gasteiger partial charge >= 0.3 is 0 Å². The van der Waals surface area contributed by atoms with E-state index in [1.165, 1.54) is 41.8 Å². The van der Waals surface area contributed by atoms with Gasteiger partial charge in [0.1, 0.15) is 0 Å². The van der Waals surface area contributed by atoms with Crippen LogP contribution in [0.5, 0.6) is 0 Å². The number of amides is 1. The number of carbonyl (C=O) groups excluding carboxylic acids is 1. The molecule has 1 aliphatic heterocycles. The fraction of sp³-hybridized carbons (Fsp3) is 0.316. The molecule has 0 atom stereocenters. The second kappa shape index (κ2) is 6.22. The van der Waals surface area contributed by atoms with Gasteiger partial charge in [-0.3, -0.25) is 4.79 Å². The maximum Gasteiger partial charge on any atom is 0.241 e. The minimum atomic E-state index is -0.405. The zero-order chi connectivity index (χ0) is 15.5. The van der Waals surface area contributed by atoms with Crippen molar-refractivity contribution >= 4 is 27.9 Å². The van der Waals surface area contributed by atoms with Crippen molar-refractivity contribution in [3.63, 3.8) is 0 Å². The van der Waals surface area contributed by atoms with Gasteiger partial charge in [0.05, 0.1) is 0 Å². The highest BCUT2D eigenvalue weighted by Crippen LogP contribution is 2.27. The summed E-state index contributed by atoms with van der Waals surface area (Å²) in [6.45, 7) is 4.22. The van der Waals surface area contributed by atoms with Crippen LogP contribution < -0.4 is 10.6 Å². The summed E-state index contributed by atoms with van der Waals surface area (Å²) in [4.78, 5) is 13.5. The molecular formula is C19H22N2O. The van der Waals surface area contributed by atoms with E-state index in [4.69, 9.17) is 5.73 Å². The number of hydrogen-bond acceptors (Lipinski definition) is 2. The van der Waals surface area contributed by atoms with Crippen LogP contribution >= 0.6 is 0 Å². The van der Waals surface area contributed by atoms with E-state index in [1.54, 1.807) is 0 Å². The maximum atomic E-state index is 11.0. The van der Waals surface area contributed by atoms with Crippen LogP contribution in [0.2, 0.25) is 0 Å². The predicted molar refractivity (Wildman–Crippen MR) is 92.9 cm³/mol. The Morgan fingerprint density at radius 2 is 1.73 bits per heavy atom. The second-order valence-electron chi connectivity index (χ2n) is 6.02. The Kier molecular flexibility index (Phi) is 4.14. The van der Waals surface area contributed by atoms with E-state index in [0.717, 1.165) is 24.2 Å². The number of rotatable bonds is 3. The molecule has 114 valence electrons. The van der Waals surface area contributed by atoms with Gasteiger partial charge in [-0.15, -0.1) is 0 Å². The third kappa shape index (κ3) is 3.14. The Morgan fingerprint density at radius 1 is 1.05 bits per heavy atom. The predicted octanol–water partition coefficient (Wildman–Crippen LogP) is 3.72. The molecule has 2 aromatic carbocycles. The Bertz CT molecular complexity index is 727. The molecule has 1 saturated heterocycles. The van der Waals surface area contributed by atoms with E-state index < -0.39 is 5.91 Å². The summed E-state index contributed by atoms with van der Waals surface area (Å²) in [5.74, 6) is -0.405. The average molecular weight is 294 g/mol. The standard InChI is InChI=1S/C19H22N2O/c1-14(11-19(20)22)15-5-6-17-13-18(8-7-16(17)12-15)21-9-3-2-4-10-21/h5-8,11-13H,2-4,9-10H2,1H3,(H2,20,22). The summed E-state index contributed by atoms with van der Waals surface area (Å²) >= 11 is 0. The topological polar surface area (TPSA) is 46.3 Å². The van der Waals surface area contributed by atoms with E-state index in [0.29, 0.717) is 0 Å². The molecule has 1 amide bonds. The van der Waals surface area contributed by atoms with Gasteiger partial charge in [0.25, 0.3) is 0 Å². The summed E-state index contributed by atoms with van der Waals surface area (Å²) < 4.78 is 0. The highest BCUT2D eigenvalue weighted by molar-refractivity contribution is 5.95. The van der Waals surface area contributed by atoms with Crippen molar-refractivity contribution in [1.29, 1.82) is 0 Å². The van der Waals surface area contributed by atoms with Gasteiger partial charge in [-0.2, -0.15) is 0 Å². The molecule has 1 fully saturated rings. The van der Waals surface area contributed by atoms with Crippen molar-refractivity contribution in [3.05, 3.63) is 48.0 Å². The van der Waals surface area contributed by atoms with Gasteiger partial charge < -0.3 is 10.6 Å². The number of primary amides is 1. The summed E-state index contributed by atoms with van der Waals surface area (Å²) in [6.07, 6.45) is 5.39. The third-order valence-corrected chi connectivity index (χ3v) is 4.36. The normalized spacial score (nSPS) is 16.0. The average Bonchev–Trinajstić information content (AvgIpc) is 2.54. The first-order valence-corrected chi connectivity index (χ1v) is 7.90. The number of piperidine rings is 1. The van der Waals surface area contributed by atoms with Gasteiger partial charge in [0.15, 0.2) is 0 Å². The molecule has 22 heavy (non-hydrogen) atoms. The number of benzene rings is 2. The minimum Gasteiger partial charge on any atom is -0.372 e. The molecule has 0 spiro atoms. The molecule has 0 aliphatic carbocycles. The van der Waals surface area contributed by atoms with Crippen LogP contribution in [0.15, 0.2) is 42.5 Å².